The zero-order valence-electron chi connectivity index (χ0n) is 9.73. The summed E-state index contributed by atoms with van der Waals surface area (Å²) in [6, 6.07) is 1.86. The molecule has 0 saturated heterocycles. The molecule has 7 heteroatoms. The van der Waals surface area contributed by atoms with Crippen molar-refractivity contribution >= 4 is 5.91 Å². The van der Waals surface area contributed by atoms with Crippen LogP contribution in [0, 0.1) is 16.7 Å². The van der Waals surface area contributed by atoms with Crippen molar-refractivity contribution in [1.82, 2.24) is 5.32 Å². The molecule has 0 aliphatic carbocycles. The number of nitrogens with one attached hydrogen (secondary N) is 1. The van der Waals surface area contributed by atoms with Gasteiger partial charge >= 0.3 is 6.18 Å². The number of rotatable bonds is 6. The molecular weight excluding hydrogens is 237 g/mol. The summed E-state index contributed by atoms with van der Waals surface area (Å²) in [4.78, 5) is 11.5. The Morgan fingerprint density at radius 2 is 2.06 bits per heavy atom. The van der Waals surface area contributed by atoms with Crippen LogP contribution in [0.25, 0.3) is 0 Å². The van der Waals surface area contributed by atoms with E-state index >= 15 is 0 Å². The molecule has 4 nitrogen and oxygen atoms in total. The monoisotopic (exact) mass is 252 g/mol. The summed E-state index contributed by atoms with van der Waals surface area (Å²) in [7, 11) is 0. The van der Waals surface area contributed by atoms with Crippen LogP contribution in [0.2, 0.25) is 0 Å². The molecule has 0 aliphatic rings. The van der Waals surface area contributed by atoms with Gasteiger partial charge in [0.2, 0.25) is 5.91 Å². The highest BCUT2D eigenvalue weighted by Gasteiger charge is 2.31. The minimum Gasteiger partial charge on any atom is -0.370 e. The maximum atomic E-state index is 11.7. The Morgan fingerprint density at radius 1 is 1.47 bits per heavy atom. The molecule has 0 aromatic carbocycles. The van der Waals surface area contributed by atoms with E-state index in [1.165, 1.54) is 6.92 Å². The van der Waals surface area contributed by atoms with Crippen LogP contribution in [0.5, 0.6) is 0 Å². The molecule has 1 unspecified atom stereocenters. The van der Waals surface area contributed by atoms with Crippen LogP contribution in [0.4, 0.5) is 13.2 Å². The van der Waals surface area contributed by atoms with Gasteiger partial charge in [0, 0.05) is 6.54 Å². The third kappa shape index (κ3) is 6.12. The summed E-state index contributed by atoms with van der Waals surface area (Å²) in [5.74, 6) is -0.502. The second-order valence-corrected chi connectivity index (χ2v) is 3.72. The number of hydrogen-bond acceptors (Lipinski definition) is 3. The molecule has 1 N–H and O–H groups in total. The normalized spacial score (nSPS) is 14.8. The zero-order valence-corrected chi connectivity index (χ0v) is 9.73. The summed E-state index contributed by atoms with van der Waals surface area (Å²) in [6.07, 6.45) is -4.03. The minimum atomic E-state index is -4.37. The Kier molecular flexibility index (Phi) is 5.96. The van der Waals surface area contributed by atoms with Crippen LogP contribution >= 0.6 is 0 Å². The molecular formula is C10H15F3N2O2. The lowest BCUT2D eigenvalue weighted by Gasteiger charge is -2.18. The van der Waals surface area contributed by atoms with Crippen LogP contribution in [-0.4, -0.2) is 31.8 Å². The predicted octanol–water partition coefficient (Wildman–Crippen LogP) is 1.62. The third-order valence-electron chi connectivity index (χ3n) is 2.25. The summed E-state index contributed by atoms with van der Waals surface area (Å²) in [5.41, 5.74) is -1.15. The van der Waals surface area contributed by atoms with Crippen molar-refractivity contribution in [3.05, 3.63) is 0 Å². The van der Waals surface area contributed by atoms with E-state index in [-0.39, 0.29) is 13.2 Å². The number of carbonyl (C=O) groups excluding carboxylic acids is 1. The SMILES string of the molecule is CCC(C)(C#N)C(=O)NCCOCC(F)(F)F. The van der Waals surface area contributed by atoms with Crippen molar-refractivity contribution in [2.24, 2.45) is 5.41 Å². The molecule has 0 spiro atoms. The predicted molar refractivity (Wildman–Crippen MR) is 53.9 cm³/mol. The fraction of sp³-hybridized carbons (Fsp3) is 0.800. The summed E-state index contributed by atoms with van der Waals surface area (Å²) in [6.45, 7) is 1.52. The average Bonchev–Trinajstić information content (AvgIpc) is 2.25. The fourth-order valence-electron chi connectivity index (χ4n) is 0.910. The van der Waals surface area contributed by atoms with Crippen LogP contribution in [0.1, 0.15) is 20.3 Å². The van der Waals surface area contributed by atoms with Crippen molar-refractivity contribution in [2.75, 3.05) is 19.8 Å². The first-order chi connectivity index (χ1) is 7.75. The standard InChI is InChI=1S/C10H15F3N2O2/c1-3-9(2,6-14)8(16)15-4-5-17-7-10(11,12)13/h3-5,7H2,1-2H3,(H,15,16). The quantitative estimate of drug-likeness (QED) is 0.731. The van der Waals surface area contributed by atoms with Gasteiger partial charge < -0.3 is 10.1 Å². The van der Waals surface area contributed by atoms with E-state index in [0.29, 0.717) is 6.42 Å². The van der Waals surface area contributed by atoms with E-state index in [1.807, 2.05) is 6.07 Å². The van der Waals surface area contributed by atoms with E-state index in [4.69, 9.17) is 5.26 Å². The van der Waals surface area contributed by atoms with Crippen LogP contribution in [0.3, 0.4) is 0 Å². The Hall–Kier alpha value is -1.29. The van der Waals surface area contributed by atoms with Crippen LogP contribution in [0.15, 0.2) is 0 Å². The molecule has 0 aromatic heterocycles. The van der Waals surface area contributed by atoms with E-state index in [1.54, 1.807) is 6.92 Å². The van der Waals surface area contributed by atoms with Gasteiger partial charge in [-0.25, -0.2) is 0 Å². The topological polar surface area (TPSA) is 62.1 Å². The lowest BCUT2D eigenvalue weighted by atomic mass is 9.88. The second kappa shape index (κ2) is 6.45. The first-order valence-corrected chi connectivity index (χ1v) is 5.09. The Morgan fingerprint density at radius 3 is 2.47 bits per heavy atom. The molecule has 0 fully saturated rings. The number of amides is 1. The number of nitrogens with zero attached hydrogens (tertiary/aromatic N) is 1. The summed E-state index contributed by atoms with van der Waals surface area (Å²) >= 11 is 0. The molecule has 98 valence electrons. The minimum absolute atomic E-state index is 0.0494. The molecule has 0 aromatic rings. The Balaban J connectivity index is 3.84. The smallest absolute Gasteiger partial charge is 0.370 e. The van der Waals surface area contributed by atoms with Gasteiger partial charge in [0.05, 0.1) is 12.7 Å². The van der Waals surface area contributed by atoms with Gasteiger partial charge in [0.1, 0.15) is 12.0 Å². The van der Waals surface area contributed by atoms with Crippen LogP contribution in [-0.2, 0) is 9.53 Å². The van der Waals surface area contributed by atoms with E-state index in [9.17, 15) is 18.0 Å². The van der Waals surface area contributed by atoms with E-state index < -0.39 is 24.1 Å². The van der Waals surface area contributed by atoms with Crippen molar-refractivity contribution in [1.29, 1.82) is 5.26 Å². The first-order valence-electron chi connectivity index (χ1n) is 5.09. The molecule has 0 radical (unpaired) electrons. The molecule has 17 heavy (non-hydrogen) atoms. The largest absolute Gasteiger partial charge is 0.411 e. The number of ether oxygens (including phenoxy) is 1. The van der Waals surface area contributed by atoms with Gasteiger partial charge in [-0.1, -0.05) is 6.92 Å². The van der Waals surface area contributed by atoms with Crippen molar-refractivity contribution < 1.29 is 22.7 Å². The van der Waals surface area contributed by atoms with Crippen LogP contribution < -0.4 is 5.32 Å². The van der Waals surface area contributed by atoms with Gasteiger partial charge in [-0.2, -0.15) is 18.4 Å². The molecule has 0 aliphatic heterocycles. The third-order valence-corrected chi connectivity index (χ3v) is 2.25. The average molecular weight is 252 g/mol. The number of nitriles is 1. The lowest BCUT2D eigenvalue weighted by Crippen LogP contribution is -2.39. The highest BCUT2D eigenvalue weighted by molar-refractivity contribution is 5.84. The van der Waals surface area contributed by atoms with E-state index in [2.05, 4.69) is 10.1 Å². The number of halogens is 3. The Labute approximate surface area is 97.7 Å². The lowest BCUT2D eigenvalue weighted by molar-refractivity contribution is -0.173. The molecule has 1 amide bonds. The molecule has 0 heterocycles. The van der Waals surface area contributed by atoms with Crippen molar-refractivity contribution in [3.8, 4) is 6.07 Å². The summed E-state index contributed by atoms with van der Waals surface area (Å²) < 4.78 is 39.4. The highest BCUT2D eigenvalue weighted by atomic mass is 19.4. The first kappa shape index (κ1) is 15.7. The van der Waals surface area contributed by atoms with Gasteiger partial charge in [0.25, 0.3) is 0 Å². The fourth-order valence-corrected chi connectivity index (χ4v) is 0.910. The molecule has 0 bridgehead atoms. The zero-order chi connectivity index (χ0) is 13.5. The molecule has 0 rings (SSSR count). The van der Waals surface area contributed by atoms with E-state index in [0.717, 1.165) is 0 Å². The van der Waals surface area contributed by atoms with Gasteiger partial charge in [-0.05, 0) is 13.3 Å². The number of alkyl halides is 3. The van der Waals surface area contributed by atoms with Crippen molar-refractivity contribution in [2.45, 2.75) is 26.4 Å². The number of hydrogen-bond donors (Lipinski definition) is 1. The van der Waals surface area contributed by atoms with Gasteiger partial charge in [-0.3, -0.25) is 4.79 Å². The van der Waals surface area contributed by atoms with Crippen molar-refractivity contribution in [3.63, 3.8) is 0 Å². The molecule has 0 saturated carbocycles. The Bertz CT molecular complexity index is 299. The second-order valence-electron chi connectivity index (χ2n) is 3.72. The highest BCUT2D eigenvalue weighted by Crippen LogP contribution is 2.19. The molecule has 1 atom stereocenters. The van der Waals surface area contributed by atoms with Gasteiger partial charge in [0.15, 0.2) is 0 Å². The maximum Gasteiger partial charge on any atom is 0.411 e. The maximum absolute atomic E-state index is 11.7. The summed E-state index contributed by atoms with van der Waals surface area (Å²) in [5, 5.41) is 11.1. The van der Waals surface area contributed by atoms with Gasteiger partial charge in [-0.15, -0.1) is 0 Å². The number of carbonyl (C=O) groups is 1.